The molecule has 92 valence electrons. The molecule has 3 aromatic rings. The molecular formula is C14H15N3O. The van der Waals surface area contributed by atoms with E-state index in [4.69, 9.17) is 4.42 Å². The summed E-state index contributed by atoms with van der Waals surface area (Å²) in [5, 5.41) is 0. The molecule has 18 heavy (non-hydrogen) atoms. The Bertz CT molecular complexity index is 688. The largest absolute Gasteiger partial charge is 0.460 e. The lowest BCUT2D eigenvalue weighted by Gasteiger charge is -1.95. The highest BCUT2D eigenvalue weighted by Crippen LogP contribution is 2.25. The van der Waals surface area contributed by atoms with E-state index in [-0.39, 0.29) is 0 Å². The maximum absolute atomic E-state index is 5.57. The Balaban J connectivity index is 2.01. The minimum absolute atomic E-state index is 0.812. The van der Waals surface area contributed by atoms with Crippen LogP contribution >= 0.6 is 0 Å². The quantitative estimate of drug-likeness (QED) is 0.720. The second-order valence-electron chi connectivity index (χ2n) is 4.57. The van der Waals surface area contributed by atoms with Crippen molar-refractivity contribution in [3.05, 3.63) is 41.4 Å². The van der Waals surface area contributed by atoms with Gasteiger partial charge in [-0.25, -0.2) is 4.98 Å². The Morgan fingerprint density at radius 3 is 2.56 bits per heavy atom. The Morgan fingerprint density at radius 2 is 1.94 bits per heavy atom. The number of furan rings is 1. The van der Waals surface area contributed by atoms with Gasteiger partial charge in [0.15, 0.2) is 11.6 Å². The lowest BCUT2D eigenvalue weighted by atomic mass is 10.2. The van der Waals surface area contributed by atoms with Crippen molar-refractivity contribution < 1.29 is 4.42 Å². The normalized spacial score (nSPS) is 11.1. The van der Waals surface area contributed by atoms with Gasteiger partial charge >= 0.3 is 0 Å². The molecular weight excluding hydrogens is 226 g/mol. The van der Waals surface area contributed by atoms with Crippen LogP contribution in [-0.2, 0) is 0 Å². The van der Waals surface area contributed by atoms with E-state index in [9.17, 15) is 0 Å². The summed E-state index contributed by atoms with van der Waals surface area (Å²) in [5.41, 5.74) is 4.24. The van der Waals surface area contributed by atoms with Crippen molar-refractivity contribution >= 4 is 0 Å². The molecule has 3 rings (SSSR count). The van der Waals surface area contributed by atoms with Crippen LogP contribution < -0.4 is 0 Å². The van der Waals surface area contributed by atoms with Gasteiger partial charge in [0.2, 0.25) is 0 Å². The fourth-order valence-corrected chi connectivity index (χ4v) is 2.13. The van der Waals surface area contributed by atoms with E-state index in [1.165, 1.54) is 5.56 Å². The third kappa shape index (κ3) is 1.76. The molecule has 0 fully saturated rings. The summed E-state index contributed by atoms with van der Waals surface area (Å²) in [5.74, 6) is 2.55. The number of hydrogen-bond donors (Lipinski definition) is 2. The third-order valence-electron chi connectivity index (χ3n) is 2.97. The summed E-state index contributed by atoms with van der Waals surface area (Å²) in [6, 6.07) is 5.99. The monoisotopic (exact) mass is 241 g/mol. The van der Waals surface area contributed by atoms with Crippen LogP contribution in [0.3, 0.4) is 0 Å². The summed E-state index contributed by atoms with van der Waals surface area (Å²) in [6.45, 7) is 6.04. The molecule has 0 bridgehead atoms. The molecule has 0 aliphatic carbocycles. The Morgan fingerprint density at radius 1 is 1.11 bits per heavy atom. The zero-order valence-electron chi connectivity index (χ0n) is 10.7. The molecule has 0 amide bonds. The number of nitrogens with one attached hydrogen (secondary N) is 2. The Hall–Kier alpha value is -2.23. The van der Waals surface area contributed by atoms with Crippen LogP contribution in [-0.4, -0.2) is 15.0 Å². The standard InChI is InChI=1S/C14H15N3O/c1-8-6-9(2)16-13(8)14-15-7-11(17-14)12-5-4-10(3)18-12/h4-7,16H,1-3H3,(H,15,17). The van der Waals surface area contributed by atoms with Crippen LogP contribution in [0.1, 0.15) is 17.0 Å². The van der Waals surface area contributed by atoms with E-state index in [1.54, 1.807) is 6.20 Å². The van der Waals surface area contributed by atoms with Crippen LogP contribution in [0, 0.1) is 20.8 Å². The summed E-state index contributed by atoms with van der Waals surface area (Å²) >= 11 is 0. The molecule has 0 aliphatic heterocycles. The molecule has 2 N–H and O–H groups in total. The average molecular weight is 241 g/mol. The first-order valence-corrected chi connectivity index (χ1v) is 5.92. The van der Waals surface area contributed by atoms with E-state index < -0.39 is 0 Å². The third-order valence-corrected chi connectivity index (χ3v) is 2.97. The number of nitrogens with zero attached hydrogens (tertiary/aromatic N) is 1. The van der Waals surface area contributed by atoms with Gasteiger partial charge in [-0.1, -0.05) is 0 Å². The fraction of sp³-hybridized carbons (Fsp3) is 0.214. The molecule has 0 saturated heterocycles. The molecule has 0 unspecified atom stereocenters. The van der Waals surface area contributed by atoms with Crippen LogP contribution in [0.4, 0.5) is 0 Å². The summed E-state index contributed by atoms with van der Waals surface area (Å²) in [6.07, 6.45) is 1.79. The second kappa shape index (κ2) is 3.91. The van der Waals surface area contributed by atoms with Gasteiger partial charge in [0.05, 0.1) is 11.9 Å². The maximum atomic E-state index is 5.57. The van der Waals surface area contributed by atoms with Gasteiger partial charge in [0.1, 0.15) is 11.5 Å². The lowest BCUT2D eigenvalue weighted by Crippen LogP contribution is -1.83. The van der Waals surface area contributed by atoms with E-state index in [0.29, 0.717) is 0 Å². The van der Waals surface area contributed by atoms with Crippen molar-refractivity contribution in [3.63, 3.8) is 0 Å². The van der Waals surface area contributed by atoms with Gasteiger partial charge in [0.25, 0.3) is 0 Å². The molecule has 3 heterocycles. The number of aryl methyl sites for hydroxylation is 3. The van der Waals surface area contributed by atoms with E-state index in [0.717, 1.165) is 34.4 Å². The van der Waals surface area contributed by atoms with E-state index >= 15 is 0 Å². The van der Waals surface area contributed by atoms with Gasteiger partial charge < -0.3 is 14.4 Å². The van der Waals surface area contributed by atoms with Gasteiger partial charge in [-0.05, 0) is 44.5 Å². The highest BCUT2D eigenvalue weighted by molar-refractivity contribution is 5.61. The Labute approximate surface area is 105 Å². The lowest BCUT2D eigenvalue weighted by molar-refractivity contribution is 0.547. The number of hydrogen-bond acceptors (Lipinski definition) is 2. The van der Waals surface area contributed by atoms with Crippen LogP contribution in [0.5, 0.6) is 0 Å². The van der Waals surface area contributed by atoms with Crippen LogP contribution in [0.15, 0.2) is 28.8 Å². The number of aromatic nitrogens is 3. The predicted octanol–water partition coefficient (Wildman–Crippen LogP) is 3.59. The summed E-state index contributed by atoms with van der Waals surface area (Å²) in [4.78, 5) is 11.0. The van der Waals surface area contributed by atoms with Crippen molar-refractivity contribution in [1.82, 2.24) is 15.0 Å². The van der Waals surface area contributed by atoms with Crippen molar-refractivity contribution in [2.75, 3.05) is 0 Å². The zero-order valence-corrected chi connectivity index (χ0v) is 10.7. The van der Waals surface area contributed by atoms with Gasteiger partial charge in [-0.2, -0.15) is 0 Å². The predicted molar refractivity (Wildman–Crippen MR) is 70.3 cm³/mol. The summed E-state index contributed by atoms with van der Waals surface area (Å²) < 4.78 is 5.57. The molecule has 0 radical (unpaired) electrons. The van der Waals surface area contributed by atoms with Crippen LogP contribution in [0.2, 0.25) is 0 Å². The summed E-state index contributed by atoms with van der Waals surface area (Å²) in [7, 11) is 0. The highest BCUT2D eigenvalue weighted by Gasteiger charge is 2.11. The minimum Gasteiger partial charge on any atom is -0.460 e. The molecule has 0 aliphatic rings. The van der Waals surface area contributed by atoms with Gasteiger partial charge in [-0.15, -0.1) is 0 Å². The van der Waals surface area contributed by atoms with Gasteiger partial charge in [0, 0.05) is 5.69 Å². The number of aromatic amines is 2. The van der Waals surface area contributed by atoms with Crippen molar-refractivity contribution in [2.45, 2.75) is 20.8 Å². The van der Waals surface area contributed by atoms with Gasteiger partial charge in [-0.3, -0.25) is 0 Å². The van der Waals surface area contributed by atoms with Crippen molar-refractivity contribution in [3.8, 4) is 23.0 Å². The minimum atomic E-state index is 0.812. The first-order chi connectivity index (χ1) is 8.63. The highest BCUT2D eigenvalue weighted by atomic mass is 16.3. The SMILES string of the molecule is Cc1cc(C)c(-c2ncc(-c3ccc(C)o3)[nH]2)[nH]1. The zero-order chi connectivity index (χ0) is 12.7. The average Bonchev–Trinajstić information content (AvgIpc) is 2.98. The number of imidazole rings is 1. The molecule has 0 atom stereocenters. The smallest absolute Gasteiger partial charge is 0.154 e. The second-order valence-corrected chi connectivity index (χ2v) is 4.57. The van der Waals surface area contributed by atoms with Crippen molar-refractivity contribution in [1.29, 1.82) is 0 Å². The maximum Gasteiger partial charge on any atom is 0.154 e. The number of H-pyrrole nitrogens is 2. The molecule has 0 spiro atoms. The molecule has 4 heteroatoms. The first kappa shape index (κ1) is 10.9. The topological polar surface area (TPSA) is 57.6 Å². The fourth-order valence-electron chi connectivity index (χ4n) is 2.13. The molecule has 4 nitrogen and oxygen atoms in total. The molecule has 3 aromatic heterocycles. The Kier molecular flexibility index (Phi) is 2.37. The number of rotatable bonds is 2. The van der Waals surface area contributed by atoms with E-state index in [2.05, 4.69) is 27.9 Å². The van der Waals surface area contributed by atoms with Crippen LogP contribution in [0.25, 0.3) is 23.0 Å². The van der Waals surface area contributed by atoms with E-state index in [1.807, 2.05) is 26.0 Å². The molecule has 0 saturated carbocycles. The van der Waals surface area contributed by atoms with Crippen molar-refractivity contribution in [2.24, 2.45) is 0 Å². The first-order valence-electron chi connectivity index (χ1n) is 5.92. The molecule has 0 aromatic carbocycles.